The Morgan fingerprint density at radius 2 is 2.10 bits per heavy atom. The number of nitrogens with one attached hydrogen (secondary N) is 1. The lowest BCUT2D eigenvalue weighted by Gasteiger charge is -2.17. The smallest absolute Gasteiger partial charge is 0.262 e. The molecular weight excluding hydrogens is 390 g/mol. The molecule has 7 nitrogen and oxygen atoms in total. The Morgan fingerprint density at radius 1 is 1.35 bits per heavy atom. The van der Waals surface area contributed by atoms with Crippen LogP contribution in [-0.4, -0.2) is 42.3 Å². The molecule has 0 spiro atoms. The highest BCUT2D eigenvalue weighted by Crippen LogP contribution is 2.23. The van der Waals surface area contributed by atoms with E-state index < -0.39 is 0 Å². The minimum atomic E-state index is -0.388. The monoisotopic (exact) mass is 421 g/mol. The maximum atomic E-state index is 12.6. The summed E-state index contributed by atoms with van der Waals surface area (Å²) < 4.78 is 7.43. The van der Waals surface area contributed by atoms with Gasteiger partial charge in [-0.2, -0.15) is 5.26 Å². The van der Waals surface area contributed by atoms with Gasteiger partial charge in [0.25, 0.3) is 5.91 Å². The molecule has 1 amide bonds. The largest absolute Gasteiger partial charge is 0.383 e. The Hall–Kier alpha value is -3.11. The van der Waals surface area contributed by atoms with E-state index in [1.807, 2.05) is 38.1 Å². The second-order valence-electron chi connectivity index (χ2n) is 8.07. The zero-order chi connectivity index (χ0) is 22.4. The maximum absolute atomic E-state index is 12.6. The normalized spacial score (nSPS) is 15.1. The van der Waals surface area contributed by atoms with E-state index in [-0.39, 0.29) is 17.5 Å². The van der Waals surface area contributed by atoms with Gasteiger partial charge in [-0.25, -0.2) is 4.98 Å². The first-order valence-corrected chi connectivity index (χ1v) is 10.7. The Labute approximate surface area is 184 Å². The fourth-order valence-electron chi connectivity index (χ4n) is 4.18. The molecule has 2 aromatic rings. The number of rotatable bonds is 8. The number of amides is 1. The third-order valence-corrected chi connectivity index (χ3v) is 5.73. The molecule has 1 atom stereocenters. The van der Waals surface area contributed by atoms with E-state index in [0.29, 0.717) is 13.2 Å². The Kier molecular flexibility index (Phi) is 7.48. The van der Waals surface area contributed by atoms with Gasteiger partial charge in [0.1, 0.15) is 17.5 Å². The quantitative estimate of drug-likeness (QED) is 0.521. The SMILES string of the molecule is COCC(C)n1c(C)cc(/C=C(/C#N)C(=O)NCc2ccc(N3CCCC3)nc2)c1C. The molecule has 1 aliphatic heterocycles. The molecule has 1 unspecified atom stereocenters. The van der Waals surface area contributed by atoms with Crippen LogP contribution in [0.4, 0.5) is 5.82 Å². The minimum Gasteiger partial charge on any atom is -0.383 e. The van der Waals surface area contributed by atoms with E-state index in [9.17, 15) is 10.1 Å². The third-order valence-electron chi connectivity index (χ3n) is 5.73. The van der Waals surface area contributed by atoms with Crippen LogP contribution >= 0.6 is 0 Å². The van der Waals surface area contributed by atoms with Crippen molar-refractivity contribution in [1.82, 2.24) is 14.9 Å². The fraction of sp³-hybridized carbons (Fsp3) is 0.458. The first kappa shape index (κ1) is 22.6. The molecule has 2 aromatic heterocycles. The van der Waals surface area contributed by atoms with Gasteiger partial charge >= 0.3 is 0 Å². The number of aryl methyl sites for hydroxylation is 1. The molecule has 0 aliphatic carbocycles. The summed E-state index contributed by atoms with van der Waals surface area (Å²) in [6, 6.07) is 8.16. The van der Waals surface area contributed by atoms with Crippen LogP contribution in [0.15, 0.2) is 30.0 Å². The van der Waals surface area contributed by atoms with Crippen LogP contribution in [0.2, 0.25) is 0 Å². The zero-order valence-electron chi connectivity index (χ0n) is 18.8. The summed E-state index contributed by atoms with van der Waals surface area (Å²) in [7, 11) is 1.68. The number of hydrogen-bond acceptors (Lipinski definition) is 5. The Morgan fingerprint density at radius 3 is 2.71 bits per heavy atom. The third kappa shape index (κ3) is 5.33. The van der Waals surface area contributed by atoms with E-state index in [1.165, 1.54) is 12.8 Å². The van der Waals surface area contributed by atoms with Crippen molar-refractivity contribution in [2.45, 2.75) is 46.2 Å². The Balaban J connectivity index is 1.67. The first-order valence-electron chi connectivity index (χ1n) is 10.7. The van der Waals surface area contributed by atoms with Crippen LogP contribution in [0, 0.1) is 25.2 Å². The van der Waals surface area contributed by atoms with Gasteiger partial charge < -0.3 is 19.5 Å². The molecule has 7 heteroatoms. The zero-order valence-corrected chi connectivity index (χ0v) is 18.8. The minimum absolute atomic E-state index is 0.0845. The van der Waals surface area contributed by atoms with Crippen LogP contribution < -0.4 is 10.2 Å². The standard InChI is InChI=1S/C24H31N5O2/c1-17-11-21(19(3)29(17)18(2)16-31-4)12-22(13-25)24(30)27-15-20-7-8-23(26-14-20)28-9-5-6-10-28/h7-8,11-12,14,18H,5-6,9-10,15-16H2,1-4H3,(H,27,30)/b22-12-. The molecule has 3 rings (SSSR count). The van der Waals surface area contributed by atoms with Crippen LogP contribution in [0.25, 0.3) is 6.08 Å². The number of nitriles is 1. The highest BCUT2D eigenvalue weighted by atomic mass is 16.5. The highest BCUT2D eigenvalue weighted by molar-refractivity contribution is 6.01. The van der Waals surface area contributed by atoms with Crippen molar-refractivity contribution in [2.75, 3.05) is 31.7 Å². The predicted molar refractivity (Wildman–Crippen MR) is 122 cm³/mol. The van der Waals surface area contributed by atoms with Crippen molar-refractivity contribution in [3.05, 3.63) is 52.5 Å². The van der Waals surface area contributed by atoms with Gasteiger partial charge in [-0.1, -0.05) is 6.07 Å². The molecule has 0 bridgehead atoms. The second-order valence-corrected chi connectivity index (χ2v) is 8.07. The van der Waals surface area contributed by atoms with Gasteiger partial charge in [0, 0.05) is 44.3 Å². The van der Waals surface area contributed by atoms with Crippen molar-refractivity contribution in [3.63, 3.8) is 0 Å². The van der Waals surface area contributed by atoms with Gasteiger partial charge in [-0.05, 0) is 62.9 Å². The second kappa shape index (κ2) is 10.3. The summed E-state index contributed by atoms with van der Waals surface area (Å²) >= 11 is 0. The lowest BCUT2D eigenvalue weighted by molar-refractivity contribution is -0.117. The number of nitrogens with zero attached hydrogens (tertiary/aromatic N) is 4. The predicted octanol–water partition coefficient (Wildman–Crippen LogP) is 3.53. The van der Waals surface area contributed by atoms with Crippen LogP contribution in [0.3, 0.4) is 0 Å². The first-order chi connectivity index (χ1) is 14.9. The summed E-state index contributed by atoms with van der Waals surface area (Å²) in [5.41, 5.74) is 3.92. The lowest BCUT2D eigenvalue weighted by atomic mass is 10.1. The summed E-state index contributed by atoms with van der Waals surface area (Å²) in [6.45, 7) is 9.10. The molecule has 1 saturated heterocycles. The van der Waals surface area contributed by atoms with Gasteiger partial charge in [-0.3, -0.25) is 4.79 Å². The average Bonchev–Trinajstić information content (AvgIpc) is 3.39. The van der Waals surface area contributed by atoms with Crippen molar-refractivity contribution in [3.8, 4) is 6.07 Å². The number of hydrogen-bond donors (Lipinski definition) is 1. The molecular formula is C24H31N5O2. The van der Waals surface area contributed by atoms with Gasteiger partial charge in [0.2, 0.25) is 0 Å². The molecule has 164 valence electrons. The van der Waals surface area contributed by atoms with Gasteiger partial charge in [0.05, 0.1) is 12.6 Å². The van der Waals surface area contributed by atoms with E-state index in [1.54, 1.807) is 19.4 Å². The van der Waals surface area contributed by atoms with Gasteiger partial charge in [0.15, 0.2) is 0 Å². The number of anilines is 1. The molecule has 31 heavy (non-hydrogen) atoms. The number of carbonyl (C=O) groups is 1. The lowest BCUT2D eigenvalue weighted by Crippen LogP contribution is -2.24. The topological polar surface area (TPSA) is 83.2 Å². The van der Waals surface area contributed by atoms with Crippen molar-refractivity contribution in [2.24, 2.45) is 0 Å². The van der Waals surface area contributed by atoms with Crippen LogP contribution in [0.5, 0.6) is 0 Å². The molecule has 0 saturated carbocycles. The van der Waals surface area contributed by atoms with E-state index in [4.69, 9.17) is 4.74 Å². The number of ether oxygens (including phenoxy) is 1. The number of carbonyl (C=O) groups excluding carboxylic acids is 1. The fourth-order valence-corrected chi connectivity index (χ4v) is 4.18. The number of aromatic nitrogens is 2. The Bertz CT molecular complexity index is 979. The maximum Gasteiger partial charge on any atom is 0.262 e. The van der Waals surface area contributed by atoms with Crippen molar-refractivity contribution < 1.29 is 9.53 Å². The molecule has 1 aliphatic rings. The molecule has 3 heterocycles. The molecule has 1 fully saturated rings. The van der Waals surface area contributed by atoms with Crippen molar-refractivity contribution >= 4 is 17.8 Å². The van der Waals surface area contributed by atoms with Crippen LogP contribution in [0.1, 0.15) is 48.3 Å². The number of pyridine rings is 1. The number of methoxy groups -OCH3 is 1. The summed E-state index contributed by atoms with van der Waals surface area (Å²) in [4.78, 5) is 19.4. The van der Waals surface area contributed by atoms with E-state index in [2.05, 4.69) is 26.7 Å². The van der Waals surface area contributed by atoms with Crippen molar-refractivity contribution in [1.29, 1.82) is 5.26 Å². The van der Waals surface area contributed by atoms with E-state index in [0.717, 1.165) is 41.4 Å². The average molecular weight is 422 g/mol. The van der Waals surface area contributed by atoms with Gasteiger partial charge in [-0.15, -0.1) is 0 Å². The highest BCUT2D eigenvalue weighted by Gasteiger charge is 2.16. The summed E-state index contributed by atoms with van der Waals surface area (Å²) in [6.07, 6.45) is 5.85. The molecule has 1 N–H and O–H groups in total. The molecule has 0 aromatic carbocycles. The van der Waals surface area contributed by atoms with E-state index >= 15 is 0 Å². The summed E-state index contributed by atoms with van der Waals surface area (Å²) in [5.74, 6) is 0.587. The molecule has 0 radical (unpaired) electrons. The summed E-state index contributed by atoms with van der Waals surface area (Å²) in [5, 5.41) is 12.4. The van der Waals surface area contributed by atoms with Crippen LogP contribution in [-0.2, 0) is 16.1 Å².